The highest BCUT2D eigenvalue weighted by Gasteiger charge is 2.18. The van der Waals surface area contributed by atoms with Gasteiger partial charge in [-0.1, -0.05) is 139 Å². The lowest BCUT2D eigenvalue weighted by atomic mass is 9.91. The van der Waals surface area contributed by atoms with Crippen LogP contribution in [-0.4, -0.2) is 14.5 Å². The lowest BCUT2D eigenvalue weighted by Gasteiger charge is -2.14. The van der Waals surface area contributed by atoms with Crippen LogP contribution in [-0.2, 0) is 0 Å². The largest absolute Gasteiger partial charge is 0.309 e. The first-order valence-corrected chi connectivity index (χ1v) is 19.6. The van der Waals surface area contributed by atoms with Gasteiger partial charge in [0.15, 0.2) is 5.82 Å². The molecule has 2 aromatic heterocycles. The van der Waals surface area contributed by atoms with Crippen molar-refractivity contribution >= 4 is 54.3 Å². The molecule has 0 fully saturated rings. The van der Waals surface area contributed by atoms with E-state index >= 15 is 0 Å². The second-order valence-electron chi connectivity index (χ2n) is 15.1. The van der Waals surface area contributed by atoms with Gasteiger partial charge in [-0.3, -0.25) is 0 Å². The third-order valence-corrected chi connectivity index (χ3v) is 11.5. The number of aryl methyl sites for hydroxylation is 2. The second-order valence-corrected chi connectivity index (χ2v) is 15.1. The van der Waals surface area contributed by atoms with E-state index in [2.05, 4.69) is 206 Å². The van der Waals surface area contributed by atoms with E-state index in [-0.39, 0.29) is 0 Å². The van der Waals surface area contributed by atoms with Gasteiger partial charge in [-0.05, 0) is 118 Å². The van der Waals surface area contributed by atoms with Crippen molar-refractivity contribution in [2.45, 2.75) is 13.8 Å². The lowest BCUT2D eigenvalue weighted by molar-refractivity contribution is 1.18. The summed E-state index contributed by atoms with van der Waals surface area (Å²) in [7, 11) is 0. The predicted molar refractivity (Wildman–Crippen MR) is 240 cm³/mol. The van der Waals surface area contributed by atoms with Gasteiger partial charge in [0.2, 0.25) is 0 Å². The van der Waals surface area contributed by atoms with Crippen LogP contribution in [0.1, 0.15) is 11.1 Å². The average Bonchev–Trinajstić information content (AvgIpc) is 3.57. The number of nitrogens with zero attached hydrogens (tertiary/aromatic N) is 3. The number of para-hydroxylation sites is 1. The molecule has 0 bridgehead atoms. The van der Waals surface area contributed by atoms with Gasteiger partial charge in [0.25, 0.3) is 0 Å². The first-order chi connectivity index (χ1) is 28.1. The predicted octanol–water partition coefficient (Wildman–Crippen LogP) is 14.3. The lowest BCUT2D eigenvalue weighted by Crippen LogP contribution is -1.96. The van der Waals surface area contributed by atoms with E-state index in [0.29, 0.717) is 5.82 Å². The number of rotatable bonds is 5. The van der Waals surface area contributed by atoms with E-state index in [1.807, 2.05) is 0 Å². The minimum atomic E-state index is 0.712. The van der Waals surface area contributed by atoms with Crippen LogP contribution in [0.5, 0.6) is 0 Å². The first-order valence-electron chi connectivity index (χ1n) is 19.6. The number of fused-ring (bicyclic) bond motifs is 6. The molecule has 11 aromatic rings. The first kappa shape index (κ1) is 33.0. The Balaban J connectivity index is 1.06. The highest BCUT2D eigenvalue weighted by molar-refractivity contribution is 6.13. The monoisotopic (exact) mass is 727 g/mol. The molecule has 11 rings (SSSR count). The van der Waals surface area contributed by atoms with Gasteiger partial charge in [-0.15, -0.1) is 0 Å². The summed E-state index contributed by atoms with van der Waals surface area (Å²) in [4.78, 5) is 10.5. The minimum Gasteiger partial charge on any atom is -0.309 e. The molecule has 0 saturated carbocycles. The molecule has 0 N–H and O–H groups in total. The van der Waals surface area contributed by atoms with Gasteiger partial charge in [0.1, 0.15) is 0 Å². The Labute approximate surface area is 331 Å². The molecule has 0 aliphatic carbocycles. The Hall–Kier alpha value is -7.36. The molecule has 3 nitrogen and oxygen atoms in total. The maximum absolute atomic E-state index is 5.33. The van der Waals surface area contributed by atoms with Gasteiger partial charge < -0.3 is 4.57 Å². The molecule has 0 saturated heterocycles. The van der Waals surface area contributed by atoms with Crippen LogP contribution in [0.2, 0.25) is 0 Å². The van der Waals surface area contributed by atoms with E-state index in [4.69, 9.17) is 9.97 Å². The molecular formula is C54H37N3. The third-order valence-electron chi connectivity index (χ3n) is 11.5. The van der Waals surface area contributed by atoms with Gasteiger partial charge >= 0.3 is 0 Å². The Kier molecular flexibility index (Phi) is 7.61. The van der Waals surface area contributed by atoms with E-state index in [1.165, 1.54) is 71.2 Å². The fourth-order valence-corrected chi connectivity index (χ4v) is 8.81. The van der Waals surface area contributed by atoms with Crippen molar-refractivity contribution in [1.82, 2.24) is 14.5 Å². The molecule has 0 aliphatic heterocycles. The van der Waals surface area contributed by atoms with Crippen LogP contribution in [0.25, 0.3) is 105 Å². The molecule has 0 radical (unpaired) electrons. The van der Waals surface area contributed by atoms with Gasteiger partial charge in [-0.25, -0.2) is 9.97 Å². The molecule has 0 atom stereocenters. The van der Waals surface area contributed by atoms with Gasteiger partial charge in [0.05, 0.1) is 22.2 Å². The molecule has 9 aromatic carbocycles. The van der Waals surface area contributed by atoms with Crippen molar-refractivity contribution in [2.75, 3.05) is 0 Å². The van der Waals surface area contributed by atoms with Crippen molar-refractivity contribution in [3.8, 4) is 50.6 Å². The van der Waals surface area contributed by atoms with Crippen LogP contribution < -0.4 is 0 Å². The summed E-state index contributed by atoms with van der Waals surface area (Å²) >= 11 is 0. The molecule has 2 heterocycles. The van der Waals surface area contributed by atoms with Crippen molar-refractivity contribution < 1.29 is 0 Å². The highest BCUT2D eigenvalue weighted by Crippen LogP contribution is 2.40. The van der Waals surface area contributed by atoms with Crippen LogP contribution in [0, 0.1) is 13.8 Å². The quantitative estimate of drug-likeness (QED) is 0.165. The summed E-state index contributed by atoms with van der Waals surface area (Å²) in [6.07, 6.45) is 0. The van der Waals surface area contributed by atoms with Crippen LogP contribution in [0.15, 0.2) is 188 Å². The summed E-state index contributed by atoms with van der Waals surface area (Å²) in [6.45, 7) is 4.39. The van der Waals surface area contributed by atoms with Crippen LogP contribution in [0.3, 0.4) is 0 Å². The van der Waals surface area contributed by atoms with Crippen molar-refractivity contribution in [1.29, 1.82) is 0 Å². The zero-order chi connectivity index (χ0) is 38.0. The molecule has 3 heteroatoms. The molecular weight excluding hydrogens is 691 g/mol. The topological polar surface area (TPSA) is 30.7 Å². The summed E-state index contributed by atoms with van der Waals surface area (Å²) in [5.74, 6) is 0.712. The van der Waals surface area contributed by atoms with Gasteiger partial charge in [0, 0.05) is 33.0 Å². The molecule has 0 unspecified atom stereocenters. The zero-order valence-corrected chi connectivity index (χ0v) is 31.7. The Morgan fingerprint density at radius 1 is 0.404 bits per heavy atom. The van der Waals surface area contributed by atoms with Crippen molar-refractivity contribution in [3.63, 3.8) is 0 Å². The van der Waals surface area contributed by atoms with Crippen LogP contribution in [0.4, 0.5) is 0 Å². The highest BCUT2D eigenvalue weighted by atomic mass is 15.0. The molecule has 0 amide bonds. The van der Waals surface area contributed by atoms with E-state index in [1.54, 1.807) is 0 Å². The van der Waals surface area contributed by atoms with E-state index < -0.39 is 0 Å². The summed E-state index contributed by atoms with van der Waals surface area (Å²) in [5, 5.41) is 8.54. The fourth-order valence-electron chi connectivity index (χ4n) is 8.81. The standard InChI is InChI=1S/C54H37N3/c1-34-21-28-50-46(29-34)47-30-35(2)45(33-51(47)57(50)42-17-7-4-8-18-42)41-26-27-49-48(32-41)53(37-13-5-3-6-14-37)56-54(55-49)38-24-22-36(23-25-38)52-43-19-11-9-15-39(43)31-40-16-10-12-20-44(40)52/h3-33H,1-2H3. The van der Waals surface area contributed by atoms with E-state index in [0.717, 1.165) is 39.0 Å². The Bertz CT molecular complexity index is 3290. The minimum absolute atomic E-state index is 0.712. The fraction of sp³-hybridized carbons (Fsp3) is 0.0370. The molecule has 268 valence electrons. The normalized spacial score (nSPS) is 11.7. The second kappa shape index (κ2) is 13.1. The molecule has 0 spiro atoms. The average molecular weight is 728 g/mol. The number of hydrogen-bond acceptors (Lipinski definition) is 2. The third kappa shape index (κ3) is 5.50. The smallest absolute Gasteiger partial charge is 0.160 e. The SMILES string of the molecule is Cc1ccc2c(c1)c1cc(C)c(-c3ccc4nc(-c5ccc(-c6c7ccccc7cc7ccccc67)cc5)nc(-c5ccccc5)c4c3)cc1n2-c1ccccc1. The maximum atomic E-state index is 5.33. The number of hydrogen-bond donors (Lipinski definition) is 0. The summed E-state index contributed by atoms with van der Waals surface area (Å²) < 4.78 is 2.40. The van der Waals surface area contributed by atoms with E-state index in [9.17, 15) is 0 Å². The van der Waals surface area contributed by atoms with Crippen molar-refractivity contribution in [2.24, 2.45) is 0 Å². The van der Waals surface area contributed by atoms with Crippen molar-refractivity contribution in [3.05, 3.63) is 199 Å². The van der Waals surface area contributed by atoms with Gasteiger partial charge in [-0.2, -0.15) is 0 Å². The Morgan fingerprint density at radius 3 is 1.77 bits per heavy atom. The maximum Gasteiger partial charge on any atom is 0.160 e. The molecule has 0 aliphatic rings. The zero-order valence-electron chi connectivity index (χ0n) is 31.7. The number of benzene rings is 9. The Morgan fingerprint density at radius 2 is 1.04 bits per heavy atom. The summed E-state index contributed by atoms with van der Waals surface area (Å²) in [6, 6.07) is 67.7. The molecule has 57 heavy (non-hydrogen) atoms. The van der Waals surface area contributed by atoms with Crippen LogP contribution >= 0.6 is 0 Å². The summed E-state index contributed by atoms with van der Waals surface area (Å²) in [5.41, 5.74) is 14.7. The number of aromatic nitrogens is 3.